The maximum absolute atomic E-state index is 12.4. The van der Waals surface area contributed by atoms with Gasteiger partial charge in [-0.3, -0.25) is 14.5 Å². The third-order valence-corrected chi connectivity index (χ3v) is 4.73. The first-order valence-electron chi connectivity index (χ1n) is 8.06. The molecule has 0 aromatic heterocycles. The van der Waals surface area contributed by atoms with E-state index >= 15 is 0 Å². The summed E-state index contributed by atoms with van der Waals surface area (Å²) in [6, 6.07) is 0.473. The van der Waals surface area contributed by atoms with Gasteiger partial charge in [0.25, 0.3) is 0 Å². The molecule has 6 heteroatoms. The van der Waals surface area contributed by atoms with Gasteiger partial charge in [-0.1, -0.05) is 0 Å². The summed E-state index contributed by atoms with van der Waals surface area (Å²) in [5.74, 6) is -0.327. The van der Waals surface area contributed by atoms with Crippen LogP contribution in [0.25, 0.3) is 0 Å². The molecule has 2 atom stereocenters. The maximum Gasteiger partial charge on any atom is 0.236 e. The predicted molar refractivity (Wildman–Crippen MR) is 81.6 cm³/mol. The molecule has 0 spiro atoms. The molecular weight excluding hydrogens is 268 g/mol. The number of nitrogens with zero attached hydrogens (tertiary/aromatic N) is 2. The Hall–Kier alpha value is -1.14. The monoisotopic (exact) mass is 296 g/mol. The van der Waals surface area contributed by atoms with Gasteiger partial charge in [-0.05, 0) is 52.2 Å². The lowest BCUT2D eigenvalue weighted by molar-refractivity contribution is -0.136. The normalized spacial score (nSPS) is 27.4. The van der Waals surface area contributed by atoms with Crippen molar-refractivity contribution in [1.29, 1.82) is 0 Å². The van der Waals surface area contributed by atoms with E-state index in [1.807, 2.05) is 11.9 Å². The van der Waals surface area contributed by atoms with Gasteiger partial charge in [-0.15, -0.1) is 0 Å². The fourth-order valence-electron chi connectivity index (χ4n) is 3.32. The van der Waals surface area contributed by atoms with Gasteiger partial charge in [0.1, 0.15) is 0 Å². The van der Waals surface area contributed by atoms with Gasteiger partial charge in [-0.25, -0.2) is 0 Å². The molecule has 2 unspecified atom stereocenters. The van der Waals surface area contributed by atoms with Gasteiger partial charge in [0, 0.05) is 19.1 Å². The fraction of sp³-hybridized carbons (Fsp3) is 0.867. The van der Waals surface area contributed by atoms with Gasteiger partial charge in [0.2, 0.25) is 11.8 Å². The zero-order chi connectivity index (χ0) is 15.2. The first-order valence-corrected chi connectivity index (χ1v) is 8.06. The van der Waals surface area contributed by atoms with E-state index in [-0.39, 0.29) is 17.7 Å². The standard InChI is InChI=1S/C15H28N4O2/c1-18(13-5-2-7-17-8-6-13)11-14(20)19-9-3-4-12(10-19)15(16)21/h12-13,17H,2-11H2,1H3,(H2,16,21). The number of hydrogen-bond donors (Lipinski definition) is 2. The number of nitrogens with two attached hydrogens (primary N) is 1. The highest BCUT2D eigenvalue weighted by atomic mass is 16.2. The van der Waals surface area contributed by atoms with E-state index in [1.165, 1.54) is 0 Å². The minimum Gasteiger partial charge on any atom is -0.369 e. The van der Waals surface area contributed by atoms with Crippen LogP contribution in [0.5, 0.6) is 0 Å². The number of amides is 2. The minimum absolute atomic E-state index is 0.126. The van der Waals surface area contributed by atoms with Crippen LogP contribution in [-0.4, -0.2) is 67.4 Å². The molecule has 120 valence electrons. The van der Waals surface area contributed by atoms with E-state index in [0.717, 1.165) is 51.7 Å². The smallest absolute Gasteiger partial charge is 0.236 e. The summed E-state index contributed by atoms with van der Waals surface area (Å²) in [7, 11) is 2.03. The predicted octanol–water partition coefficient (Wildman–Crippen LogP) is -0.216. The Labute approximate surface area is 127 Å². The lowest BCUT2D eigenvalue weighted by atomic mass is 9.97. The molecule has 2 rings (SSSR count). The first-order chi connectivity index (χ1) is 10.1. The van der Waals surface area contributed by atoms with Crippen molar-refractivity contribution in [3.63, 3.8) is 0 Å². The van der Waals surface area contributed by atoms with Crippen molar-refractivity contribution in [3.8, 4) is 0 Å². The van der Waals surface area contributed by atoms with Crippen LogP contribution in [-0.2, 0) is 9.59 Å². The summed E-state index contributed by atoms with van der Waals surface area (Å²) in [5, 5.41) is 3.39. The highest BCUT2D eigenvalue weighted by molar-refractivity contribution is 5.81. The maximum atomic E-state index is 12.4. The van der Waals surface area contributed by atoms with E-state index in [0.29, 0.717) is 19.1 Å². The number of primary amides is 1. The van der Waals surface area contributed by atoms with Crippen molar-refractivity contribution < 1.29 is 9.59 Å². The van der Waals surface area contributed by atoms with Gasteiger partial charge in [0.05, 0.1) is 12.5 Å². The Kier molecular flexibility index (Phi) is 5.99. The molecule has 0 radical (unpaired) electrons. The van der Waals surface area contributed by atoms with Crippen LogP contribution in [0.15, 0.2) is 0 Å². The number of rotatable bonds is 4. The lowest BCUT2D eigenvalue weighted by Crippen LogP contribution is -2.48. The molecule has 3 N–H and O–H groups in total. The average Bonchev–Trinajstić information content (AvgIpc) is 2.76. The zero-order valence-corrected chi connectivity index (χ0v) is 13.0. The molecular formula is C15H28N4O2. The summed E-state index contributed by atoms with van der Waals surface area (Å²) in [5.41, 5.74) is 5.37. The highest BCUT2D eigenvalue weighted by Gasteiger charge is 2.28. The van der Waals surface area contributed by atoms with Crippen molar-refractivity contribution in [2.24, 2.45) is 11.7 Å². The summed E-state index contributed by atoms with van der Waals surface area (Å²) in [6.07, 6.45) is 5.07. The molecule has 21 heavy (non-hydrogen) atoms. The van der Waals surface area contributed by atoms with E-state index in [2.05, 4.69) is 10.2 Å². The number of carbonyl (C=O) groups is 2. The fourth-order valence-corrected chi connectivity index (χ4v) is 3.32. The van der Waals surface area contributed by atoms with E-state index in [4.69, 9.17) is 5.73 Å². The van der Waals surface area contributed by atoms with E-state index in [1.54, 1.807) is 0 Å². The van der Waals surface area contributed by atoms with Crippen molar-refractivity contribution in [3.05, 3.63) is 0 Å². The lowest BCUT2D eigenvalue weighted by Gasteiger charge is -2.34. The highest BCUT2D eigenvalue weighted by Crippen LogP contribution is 2.17. The van der Waals surface area contributed by atoms with E-state index in [9.17, 15) is 9.59 Å². The van der Waals surface area contributed by atoms with E-state index < -0.39 is 0 Å². The Morgan fingerprint density at radius 1 is 1.24 bits per heavy atom. The SMILES string of the molecule is CN(CC(=O)N1CCCC(C(N)=O)C1)C1CCCNCC1. The molecule has 6 nitrogen and oxygen atoms in total. The zero-order valence-electron chi connectivity index (χ0n) is 13.0. The molecule has 2 heterocycles. The van der Waals surface area contributed by atoms with Crippen LogP contribution in [0.4, 0.5) is 0 Å². The quantitative estimate of drug-likeness (QED) is 0.752. The Balaban J connectivity index is 1.83. The van der Waals surface area contributed by atoms with Crippen LogP contribution >= 0.6 is 0 Å². The number of carbonyl (C=O) groups excluding carboxylic acids is 2. The molecule has 0 saturated carbocycles. The topological polar surface area (TPSA) is 78.7 Å². The van der Waals surface area contributed by atoms with Crippen molar-refractivity contribution in [2.75, 3.05) is 39.8 Å². The number of piperidine rings is 1. The van der Waals surface area contributed by atoms with Crippen LogP contribution in [0.3, 0.4) is 0 Å². The Morgan fingerprint density at radius 3 is 2.81 bits per heavy atom. The summed E-state index contributed by atoms with van der Waals surface area (Å²) in [4.78, 5) is 27.7. The molecule has 2 aliphatic rings. The molecule has 2 saturated heterocycles. The summed E-state index contributed by atoms with van der Waals surface area (Å²) in [6.45, 7) is 3.79. The van der Waals surface area contributed by atoms with Crippen molar-refractivity contribution in [1.82, 2.24) is 15.1 Å². The molecule has 0 aromatic carbocycles. The van der Waals surface area contributed by atoms with Gasteiger partial charge < -0.3 is 16.0 Å². The number of likely N-dealkylation sites (N-methyl/N-ethyl adjacent to an activating group) is 1. The van der Waals surface area contributed by atoms with Crippen molar-refractivity contribution in [2.45, 2.75) is 38.1 Å². The number of nitrogens with one attached hydrogen (secondary N) is 1. The molecule has 2 fully saturated rings. The van der Waals surface area contributed by atoms with Gasteiger partial charge in [-0.2, -0.15) is 0 Å². The second kappa shape index (κ2) is 7.75. The first kappa shape index (κ1) is 16.2. The average molecular weight is 296 g/mol. The third-order valence-electron chi connectivity index (χ3n) is 4.73. The molecule has 0 aliphatic carbocycles. The third kappa shape index (κ3) is 4.68. The number of hydrogen-bond acceptors (Lipinski definition) is 4. The minimum atomic E-state index is -0.282. The molecule has 0 bridgehead atoms. The van der Waals surface area contributed by atoms with Gasteiger partial charge >= 0.3 is 0 Å². The number of likely N-dealkylation sites (tertiary alicyclic amines) is 1. The van der Waals surface area contributed by atoms with Crippen molar-refractivity contribution >= 4 is 11.8 Å². The largest absolute Gasteiger partial charge is 0.369 e. The molecule has 2 amide bonds. The van der Waals surface area contributed by atoms with Crippen LogP contribution in [0.1, 0.15) is 32.1 Å². The van der Waals surface area contributed by atoms with Crippen LogP contribution in [0.2, 0.25) is 0 Å². The van der Waals surface area contributed by atoms with Crippen LogP contribution < -0.4 is 11.1 Å². The molecule has 2 aliphatic heterocycles. The molecule has 0 aromatic rings. The summed E-state index contributed by atoms with van der Waals surface area (Å²) >= 11 is 0. The second-order valence-corrected chi connectivity index (χ2v) is 6.33. The second-order valence-electron chi connectivity index (χ2n) is 6.33. The Morgan fingerprint density at radius 2 is 2.05 bits per heavy atom. The van der Waals surface area contributed by atoms with Gasteiger partial charge in [0.15, 0.2) is 0 Å². The van der Waals surface area contributed by atoms with Crippen LogP contribution in [0, 0.1) is 5.92 Å². The Bertz CT molecular complexity index is 367. The summed E-state index contributed by atoms with van der Waals surface area (Å²) < 4.78 is 0.